The molecule has 3 heteroatoms. The Balaban J connectivity index is 3.83. The Kier molecular flexibility index (Phi) is 12.4. The van der Waals surface area contributed by atoms with Crippen LogP contribution in [0.1, 0.15) is 78.1 Å². The topological polar surface area (TPSA) is 40.5 Å². The fourth-order valence-corrected chi connectivity index (χ4v) is 3.01. The predicted octanol–water partition coefficient (Wildman–Crippen LogP) is 3.73. The van der Waals surface area contributed by atoms with Crippen molar-refractivity contribution in [2.24, 2.45) is 0 Å². The van der Waals surface area contributed by atoms with Gasteiger partial charge in [-0.05, 0) is 12.8 Å². The lowest BCUT2D eigenvalue weighted by Gasteiger charge is -2.33. The number of hydrogen-bond acceptors (Lipinski definition) is 2. The number of nitrogens with zero attached hydrogens (tertiary/aromatic N) is 1. The standard InChI is InChI=1S/C18H40NO2/c1-5-7-9-11-13-17(20)15-19(3,4)16-18(21)14-12-10-8-6-2/h17-18,20-21H,5-16H2,1-4H3/q+1. The Morgan fingerprint density at radius 3 is 1.38 bits per heavy atom. The number of quaternary nitrogens is 1. The van der Waals surface area contributed by atoms with E-state index in [0.717, 1.165) is 38.8 Å². The Morgan fingerprint density at radius 2 is 1.05 bits per heavy atom. The fourth-order valence-electron chi connectivity index (χ4n) is 3.01. The van der Waals surface area contributed by atoms with Gasteiger partial charge in [-0.15, -0.1) is 0 Å². The quantitative estimate of drug-likeness (QED) is 0.379. The Bertz CT molecular complexity index is 209. The minimum atomic E-state index is -0.232. The number of unbranched alkanes of at least 4 members (excludes halogenated alkanes) is 6. The third-order valence-corrected chi connectivity index (χ3v) is 4.19. The number of aliphatic hydroxyl groups excluding tert-OH is 2. The summed E-state index contributed by atoms with van der Waals surface area (Å²) in [6.07, 6.45) is 11.0. The molecule has 128 valence electrons. The summed E-state index contributed by atoms with van der Waals surface area (Å²) in [6, 6.07) is 0. The highest BCUT2D eigenvalue weighted by atomic mass is 16.3. The van der Waals surface area contributed by atoms with Crippen molar-refractivity contribution in [1.29, 1.82) is 0 Å². The number of aliphatic hydroxyl groups is 2. The van der Waals surface area contributed by atoms with Crippen LogP contribution in [0, 0.1) is 0 Å². The van der Waals surface area contributed by atoms with Crippen molar-refractivity contribution in [2.45, 2.75) is 90.3 Å². The zero-order chi connectivity index (χ0) is 16.1. The van der Waals surface area contributed by atoms with Crippen LogP contribution in [0.2, 0.25) is 0 Å². The first-order valence-corrected chi connectivity index (χ1v) is 9.09. The average Bonchev–Trinajstić information content (AvgIpc) is 2.38. The van der Waals surface area contributed by atoms with Crippen LogP contribution >= 0.6 is 0 Å². The van der Waals surface area contributed by atoms with Crippen LogP contribution in [0.4, 0.5) is 0 Å². The summed E-state index contributed by atoms with van der Waals surface area (Å²) in [5.74, 6) is 0. The third-order valence-electron chi connectivity index (χ3n) is 4.19. The summed E-state index contributed by atoms with van der Waals surface area (Å²) in [7, 11) is 4.23. The lowest BCUT2D eigenvalue weighted by atomic mass is 10.1. The van der Waals surface area contributed by atoms with Gasteiger partial charge in [-0.1, -0.05) is 65.2 Å². The predicted molar refractivity (Wildman–Crippen MR) is 91.4 cm³/mol. The van der Waals surface area contributed by atoms with E-state index in [1.165, 1.54) is 38.5 Å². The van der Waals surface area contributed by atoms with E-state index < -0.39 is 0 Å². The van der Waals surface area contributed by atoms with Crippen LogP contribution in [0.3, 0.4) is 0 Å². The van der Waals surface area contributed by atoms with E-state index in [4.69, 9.17) is 0 Å². The molecule has 2 atom stereocenters. The van der Waals surface area contributed by atoms with Gasteiger partial charge >= 0.3 is 0 Å². The second-order valence-electron chi connectivity index (χ2n) is 7.31. The van der Waals surface area contributed by atoms with Crippen molar-refractivity contribution in [2.75, 3.05) is 27.2 Å². The monoisotopic (exact) mass is 302 g/mol. The van der Waals surface area contributed by atoms with Crippen LogP contribution in [-0.2, 0) is 0 Å². The maximum atomic E-state index is 10.1. The van der Waals surface area contributed by atoms with E-state index in [1.54, 1.807) is 0 Å². The summed E-state index contributed by atoms with van der Waals surface area (Å²) in [4.78, 5) is 0. The largest absolute Gasteiger partial charge is 0.387 e. The molecule has 0 radical (unpaired) electrons. The average molecular weight is 303 g/mol. The zero-order valence-corrected chi connectivity index (χ0v) is 15.0. The van der Waals surface area contributed by atoms with E-state index in [0.29, 0.717) is 4.48 Å². The molecule has 2 N–H and O–H groups in total. The highest BCUT2D eigenvalue weighted by Crippen LogP contribution is 2.12. The molecule has 0 rings (SSSR count). The minimum Gasteiger partial charge on any atom is -0.387 e. The number of likely N-dealkylation sites (N-methyl/N-ethyl adjacent to an activating group) is 1. The maximum Gasteiger partial charge on any atom is 0.105 e. The van der Waals surface area contributed by atoms with Crippen molar-refractivity contribution in [3.05, 3.63) is 0 Å². The molecule has 21 heavy (non-hydrogen) atoms. The van der Waals surface area contributed by atoms with Crippen molar-refractivity contribution >= 4 is 0 Å². The van der Waals surface area contributed by atoms with E-state index in [1.807, 2.05) is 0 Å². The first kappa shape index (κ1) is 20.9. The highest BCUT2D eigenvalue weighted by Gasteiger charge is 2.23. The summed E-state index contributed by atoms with van der Waals surface area (Å²) in [5.41, 5.74) is 0. The molecule has 0 aromatic rings. The SMILES string of the molecule is CCCCCCC(O)C[N+](C)(C)CC(O)CCCCCC. The fraction of sp³-hybridized carbons (Fsp3) is 1.00. The molecular formula is C18H40NO2+. The first-order chi connectivity index (χ1) is 9.91. The molecule has 0 aromatic heterocycles. The molecular weight excluding hydrogens is 262 g/mol. The summed E-state index contributed by atoms with van der Waals surface area (Å²) >= 11 is 0. The molecule has 0 spiro atoms. The summed E-state index contributed by atoms with van der Waals surface area (Å²) < 4.78 is 0.712. The van der Waals surface area contributed by atoms with Gasteiger partial charge in [0, 0.05) is 0 Å². The maximum absolute atomic E-state index is 10.1. The summed E-state index contributed by atoms with van der Waals surface area (Å²) in [6.45, 7) is 5.91. The van der Waals surface area contributed by atoms with E-state index >= 15 is 0 Å². The van der Waals surface area contributed by atoms with E-state index in [-0.39, 0.29) is 12.2 Å². The Labute approximate surface area is 133 Å². The molecule has 0 amide bonds. The smallest absolute Gasteiger partial charge is 0.105 e. The first-order valence-electron chi connectivity index (χ1n) is 9.09. The lowest BCUT2D eigenvalue weighted by molar-refractivity contribution is -0.896. The van der Waals surface area contributed by atoms with Gasteiger partial charge in [0.2, 0.25) is 0 Å². The van der Waals surface area contributed by atoms with Gasteiger partial charge in [0.25, 0.3) is 0 Å². The van der Waals surface area contributed by atoms with Crippen LogP contribution in [-0.4, -0.2) is 54.1 Å². The molecule has 0 aliphatic carbocycles. The molecule has 0 saturated heterocycles. The molecule has 0 aliphatic rings. The molecule has 0 fully saturated rings. The zero-order valence-electron chi connectivity index (χ0n) is 15.0. The van der Waals surface area contributed by atoms with Gasteiger partial charge in [-0.25, -0.2) is 0 Å². The molecule has 0 saturated carbocycles. The summed E-state index contributed by atoms with van der Waals surface area (Å²) in [5, 5.41) is 20.3. The Hall–Kier alpha value is -0.120. The van der Waals surface area contributed by atoms with Crippen molar-refractivity contribution in [1.82, 2.24) is 0 Å². The van der Waals surface area contributed by atoms with Gasteiger partial charge in [0.05, 0.1) is 14.1 Å². The second kappa shape index (κ2) is 12.4. The van der Waals surface area contributed by atoms with Crippen molar-refractivity contribution < 1.29 is 14.7 Å². The Morgan fingerprint density at radius 1 is 0.667 bits per heavy atom. The second-order valence-corrected chi connectivity index (χ2v) is 7.31. The van der Waals surface area contributed by atoms with Gasteiger partial charge in [-0.3, -0.25) is 0 Å². The highest BCUT2D eigenvalue weighted by molar-refractivity contribution is 4.59. The number of rotatable bonds is 14. The van der Waals surface area contributed by atoms with Crippen molar-refractivity contribution in [3.63, 3.8) is 0 Å². The molecule has 3 nitrogen and oxygen atoms in total. The molecule has 0 heterocycles. The van der Waals surface area contributed by atoms with Crippen LogP contribution < -0.4 is 0 Å². The lowest BCUT2D eigenvalue weighted by Crippen LogP contribution is -2.49. The van der Waals surface area contributed by atoms with Gasteiger partial charge < -0.3 is 14.7 Å². The van der Waals surface area contributed by atoms with Crippen LogP contribution in [0.25, 0.3) is 0 Å². The van der Waals surface area contributed by atoms with Crippen LogP contribution in [0.5, 0.6) is 0 Å². The molecule has 0 aromatic carbocycles. The third kappa shape index (κ3) is 13.3. The van der Waals surface area contributed by atoms with Gasteiger partial charge in [0.1, 0.15) is 25.3 Å². The normalized spacial score (nSPS) is 15.1. The molecule has 0 aliphatic heterocycles. The van der Waals surface area contributed by atoms with Crippen LogP contribution in [0.15, 0.2) is 0 Å². The van der Waals surface area contributed by atoms with Crippen molar-refractivity contribution in [3.8, 4) is 0 Å². The number of hydrogen-bond donors (Lipinski definition) is 2. The van der Waals surface area contributed by atoms with E-state index in [2.05, 4.69) is 27.9 Å². The van der Waals surface area contributed by atoms with E-state index in [9.17, 15) is 10.2 Å². The molecule has 0 bridgehead atoms. The van der Waals surface area contributed by atoms with Gasteiger partial charge in [-0.2, -0.15) is 0 Å². The van der Waals surface area contributed by atoms with Gasteiger partial charge in [0.15, 0.2) is 0 Å². The molecule has 2 unspecified atom stereocenters. The minimum absolute atomic E-state index is 0.232.